The Morgan fingerprint density at radius 1 is 1.17 bits per heavy atom. The first kappa shape index (κ1) is 22.3. The molecule has 1 saturated carbocycles. The van der Waals surface area contributed by atoms with Crippen molar-refractivity contribution in [3.05, 3.63) is 83.2 Å². The summed E-state index contributed by atoms with van der Waals surface area (Å²) in [5.41, 5.74) is 5.77. The second kappa shape index (κ2) is 8.77. The molecule has 0 bridgehead atoms. The normalized spacial score (nSPS) is 18.9. The number of carbonyl (C=O) groups excluding carboxylic acids is 1. The summed E-state index contributed by atoms with van der Waals surface area (Å²) in [5.74, 6) is 0.313. The third kappa shape index (κ3) is 4.18. The Kier molecular flexibility index (Phi) is 5.42. The van der Waals surface area contributed by atoms with E-state index < -0.39 is 5.41 Å². The summed E-state index contributed by atoms with van der Waals surface area (Å²) < 4.78 is 5.55. The minimum Gasteiger partial charge on any atom is -0.375 e. The van der Waals surface area contributed by atoms with Crippen LogP contribution in [0.25, 0.3) is 22.2 Å². The van der Waals surface area contributed by atoms with Gasteiger partial charge in [0.25, 0.3) is 5.91 Å². The number of nitriles is 1. The van der Waals surface area contributed by atoms with Crippen molar-refractivity contribution in [1.82, 2.24) is 25.3 Å². The highest BCUT2D eigenvalue weighted by Gasteiger charge is 2.33. The summed E-state index contributed by atoms with van der Waals surface area (Å²) in [5, 5.41) is 13.5. The van der Waals surface area contributed by atoms with Gasteiger partial charge in [-0.05, 0) is 55.2 Å². The van der Waals surface area contributed by atoms with Crippen LogP contribution in [0.4, 0.5) is 0 Å². The molecule has 0 saturated heterocycles. The number of carbonyl (C=O) groups is 1. The van der Waals surface area contributed by atoms with Crippen LogP contribution in [0.3, 0.4) is 0 Å². The third-order valence-electron chi connectivity index (χ3n) is 6.86. The van der Waals surface area contributed by atoms with E-state index in [2.05, 4.69) is 26.3 Å². The maximum absolute atomic E-state index is 12.9. The second-order valence-corrected chi connectivity index (χ2v) is 9.69. The van der Waals surface area contributed by atoms with Gasteiger partial charge < -0.3 is 10.1 Å². The molecule has 8 nitrogen and oxygen atoms in total. The first-order valence-corrected chi connectivity index (χ1v) is 12.0. The highest BCUT2D eigenvalue weighted by Crippen LogP contribution is 2.39. The molecule has 0 spiro atoms. The van der Waals surface area contributed by atoms with Gasteiger partial charge in [0.15, 0.2) is 0 Å². The standard InChI is InChI=1S/C28H24N6O2/c1-28(15-29)16-36-14-19-5-4-18(8-23(19)28)27(35)33-10-22-7-20-6-21(9-32-24(20)13-31-22)26-12-30-11-25(34-26)17-2-3-17/h4-9,11-13,17H,2-3,10,14,16H2,1H3,(H,33,35)/t28-/m1/s1. The quantitative estimate of drug-likeness (QED) is 0.459. The van der Waals surface area contributed by atoms with Crippen molar-refractivity contribution in [2.45, 2.75) is 44.2 Å². The van der Waals surface area contributed by atoms with Crippen LogP contribution >= 0.6 is 0 Å². The molecule has 1 fully saturated rings. The van der Waals surface area contributed by atoms with Crippen LogP contribution in [0.15, 0.2) is 55.1 Å². The summed E-state index contributed by atoms with van der Waals surface area (Å²) in [6, 6.07) is 11.7. The number of ether oxygens (including phenoxy) is 1. The lowest BCUT2D eigenvalue weighted by atomic mass is 9.79. The Labute approximate surface area is 208 Å². The number of nitrogens with zero attached hydrogens (tertiary/aromatic N) is 5. The van der Waals surface area contributed by atoms with Gasteiger partial charge in [-0.25, -0.2) is 4.98 Å². The number of fused-ring (bicyclic) bond motifs is 2. The molecule has 178 valence electrons. The summed E-state index contributed by atoms with van der Waals surface area (Å²) in [6.07, 6.45) is 9.46. The van der Waals surface area contributed by atoms with E-state index in [0.29, 0.717) is 24.7 Å². The molecule has 36 heavy (non-hydrogen) atoms. The van der Waals surface area contributed by atoms with Crippen molar-refractivity contribution in [3.63, 3.8) is 0 Å². The van der Waals surface area contributed by atoms with Gasteiger partial charge in [0, 0.05) is 34.8 Å². The molecular weight excluding hydrogens is 452 g/mol. The molecule has 1 aliphatic heterocycles. The lowest BCUT2D eigenvalue weighted by Gasteiger charge is -2.30. The maximum atomic E-state index is 12.9. The average Bonchev–Trinajstić information content (AvgIpc) is 3.77. The van der Waals surface area contributed by atoms with Crippen molar-refractivity contribution in [3.8, 4) is 17.3 Å². The van der Waals surface area contributed by atoms with Crippen molar-refractivity contribution < 1.29 is 9.53 Å². The fourth-order valence-corrected chi connectivity index (χ4v) is 4.57. The van der Waals surface area contributed by atoms with Crippen molar-refractivity contribution in [2.75, 3.05) is 6.61 Å². The number of benzene rings is 1. The van der Waals surface area contributed by atoms with E-state index in [-0.39, 0.29) is 12.5 Å². The van der Waals surface area contributed by atoms with Crippen LogP contribution in [-0.2, 0) is 23.3 Å². The van der Waals surface area contributed by atoms with Crippen LogP contribution in [0.1, 0.15) is 58.6 Å². The Morgan fingerprint density at radius 3 is 2.89 bits per heavy atom. The zero-order chi connectivity index (χ0) is 24.7. The highest BCUT2D eigenvalue weighted by atomic mass is 16.5. The number of nitrogens with one attached hydrogen (secondary N) is 1. The van der Waals surface area contributed by atoms with Gasteiger partial charge in [0.05, 0.1) is 60.8 Å². The molecule has 6 rings (SSSR count). The van der Waals surface area contributed by atoms with Crippen molar-refractivity contribution in [2.24, 2.45) is 0 Å². The largest absolute Gasteiger partial charge is 0.375 e. The molecule has 3 aromatic heterocycles. The van der Waals surface area contributed by atoms with Crippen molar-refractivity contribution >= 4 is 16.8 Å². The average molecular weight is 477 g/mol. The molecule has 1 aliphatic carbocycles. The molecule has 1 N–H and O–H groups in total. The van der Waals surface area contributed by atoms with Crippen LogP contribution in [0.5, 0.6) is 0 Å². The van der Waals surface area contributed by atoms with E-state index in [1.54, 1.807) is 30.7 Å². The third-order valence-corrected chi connectivity index (χ3v) is 6.86. The Bertz CT molecular complexity index is 1540. The molecule has 8 heteroatoms. The maximum Gasteiger partial charge on any atom is 0.251 e. The molecule has 1 aromatic carbocycles. The zero-order valence-electron chi connectivity index (χ0n) is 19.9. The summed E-state index contributed by atoms with van der Waals surface area (Å²) in [4.78, 5) is 31.1. The molecule has 4 heterocycles. The van der Waals surface area contributed by atoms with E-state index in [9.17, 15) is 10.1 Å². The first-order valence-electron chi connectivity index (χ1n) is 12.0. The molecule has 0 unspecified atom stereocenters. The minimum atomic E-state index is -0.767. The molecular formula is C28H24N6O2. The van der Waals surface area contributed by atoms with Crippen LogP contribution in [0, 0.1) is 11.3 Å². The smallest absolute Gasteiger partial charge is 0.251 e. The lowest BCUT2D eigenvalue weighted by Crippen LogP contribution is -2.33. The summed E-state index contributed by atoms with van der Waals surface area (Å²) in [7, 11) is 0. The van der Waals surface area contributed by atoms with E-state index in [1.165, 1.54) is 12.8 Å². The Balaban J connectivity index is 1.21. The van der Waals surface area contributed by atoms with Gasteiger partial charge >= 0.3 is 0 Å². The van der Waals surface area contributed by atoms with Gasteiger partial charge in [0.2, 0.25) is 0 Å². The van der Waals surface area contributed by atoms with Gasteiger partial charge in [0.1, 0.15) is 5.41 Å². The van der Waals surface area contributed by atoms with E-state index in [0.717, 1.165) is 44.7 Å². The Morgan fingerprint density at radius 2 is 2.06 bits per heavy atom. The van der Waals surface area contributed by atoms with E-state index in [1.807, 2.05) is 31.3 Å². The molecule has 1 atom stereocenters. The van der Waals surface area contributed by atoms with E-state index in [4.69, 9.17) is 9.72 Å². The number of hydrogen-bond acceptors (Lipinski definition) is 7. The number of rotatable bonds is 5. The topological polar surface area (TPSA) is 114 Å². The summed E-state index contributed by atoms with van der Waals surface area (Å²) >= 11 is 0. The highest BCUT2D eigenvalue weighted by molar-refractivity contribution is 5.94. The van der Waals surface area contributed by atoms with Gasteiger partial charge in [-0.15, -0.1) is 0 Å². The number of pyridine rings is 2. The fourth-order valence-electron chi connectivity index (χ4n) is 4.57. The van der Waals surface area contributed by atoms with Crippen molar-refractivity contribution in [1.29, 1.82) is 5.26 Å². The van der Waals surface area contributed by atoms with E-state index >= 15 is 0 Å². The predicted octanol–water partition coefficient (Wildman–Crippen LogP) is 4.21. The fraction of sp³-hybridized carbons (Fsp3) is 0.286. The zero-order valence-corrected chi connectivity index (χ0v) is 19.9. The van der Waals surface area contributed by atoms with Crippen LogP contribution in [-0.4, -0.2) is 32.4 Å². The SMILES string of the molecule is C[C@@]1(C#N)COCc2ccc(C(=O)NCc3cc4cc(-c5cncc(C6CC6)n5)cnc4cn3)cc21. The van der Waals surface area contributed by atoms with Gasteiger partial charge in [-0.1, -0.05) is 6.07 Å². The first-order chi connectivity index (χ1) is 17.5. The van der Waals surface area contributed by atoms with Crippen LogP contribution in [0.2, 0.25) is 0 Å². The predicted molar refractivity (Wildman–Crippen MR) is 133 cm³/mol. The number of hydrogen-bond donors (Lipinski definition) is 1. The summed E-state index contributed by atoms with van der Waals surface area (Å²) in [6.45, 7) is 2.87. The Hall–Kier alpha value is -4.22. The molecule has 4 aromatic rings. The molecule has 2 aliphatic rings. The minimum absolute atomic E-state index is 0.217. The van der Waals surface area contributed by atoms with Crippen LogP contribution < -0.4 is 5.32 Å². The number of amides is 1. The number of aromatic nitrogens is 4. The lowest BCUT2D eigenvalue weighted by molar-refractivity contribution is 0.0757. The van der Waals surface area contributed by atoms with Gasteiger partial charge in [-0.3, -0.25) is 19.7 Å². The molecule has 0 radical (unpaired) electrons. The molecule has 1 amide bonds. The monoisotopic (exact) mass is 476 g/mol. The van der Waals surface area contributed by atoms with Gasteiger partial charge in [-0.2, -0.15) is 5.26 Å². The second-order valence-electron chi connectivity index (χ2n) is 9.69.